The SMILES string of the molecule is C[C](CO)c1cc(C(C)C)cc(C(C)(C)C)c1. The van der Waals surface area contributed by atoms with Crippen molar-refractivity contribution < 1.29 is 5.11 Å². The normalized spacial score (nSPS) is 12.5. The number of benzene rings is 1. The summed E-state index contributed by atoms with van der Waals surface area (Å²) in [6, 6.07) is 6.70. The molecule has 1 heteroatoms. The van der Waals surface area contributed by atoms with Crippen LogP contribution in [0.3, 0.4) is 0 Å². The van der Waals surface area contributed by atoms with Crippen molar-refractivity contribution in [2.75, 3.05) is 6.61 Å². The summed E-state index contributed by atoms with van der Waals surface area (Å²) in [5.41, 5.74) is 4.01. The average molecular weight is 233 g/mol. The molecule has 1 rings (SSSR count). The van der Waals surface area contributed by atoms with Crippen molar-refractivity contribution >= 4 is 0 Å². The van der Waals surface area contributed by atoms with Gasteiger partial charge in [0.15, 0.2) is 0 Å². The summed E-state index contributed by atoms with van der Waals surface area (Å²) in [6.07, 6.45) is 0. The van der Waals surface area contributed by atoms with Gasteiger partial charge in [-0.05, 0) is 28.0 Å². The molecule has 0 unspecified atom stereocenters. The molecule has 1 nitrogen and oxygen atoms in total. The first kappa shape index (κ1) is 14.2. The van der Waals surface area contributed by atoms with Gasteiger partial charge in [0.25, 0.3) is 0 Å². The van der Waals surface area contributed by atoms with Crippen molar-refractivity contribution in [1.82, 2.24) is 0 Å². The molecule has 1 aromatic rings. The lowest BCUT2D eigenvalue weighted by Crippen LogP contribution is -2.13. The molecular formula is C16H25O. The Morgan fingerprint density at radius 1 is 1.18 bits per heavy atom. The lowest BCUT2D eigenvalue weighted by Gasteiger charge is -2.23. The topological polar surface area (TPSA) is 20.2 Å². The van der Waals surface area contributed by atoms with Gasteiger partial charge in [-0.2, -0.15) is 0 Å². The van der Waals surface area contributed by atoms with E-state index in [9.17, 15) is 5.11 Å². The highest BCUT2D eigenvalue weighted by Crippen LogP contribution is 2.29. The summed E-state index contributed by atoms with van der Waals surface area (Å²) in [7, 11) is 0. The Labute approximate surface area is 106 Å². The molecule has 0 atom stereocenters. The molecule has 0 aliphatic rings. The summed E-state index contributed by atoms with van der Waals surface area (Å²) in [5, 5.41) is 9.27. The van der Waals surface area contributed by atoms with Gasteiger partial charge in [-0.3, -0.25) is 0 Å². The van der Waals surface area contributed by atoms with Crippen LogP contribution in [0.4, 0.5) is 0 Å². The van der Waals surface area contributed by atoms with Crippen LogP contribution in [0, 0.1) is 5.92 Å². The Balaban J connectivity index is 3.29. The molecular weight excluding hydrogens is 208 g/mol. The molecule has 1 N–H and O–H groups in total. The van der Waals surface area contributed by atoms with E-state index in [0.717, 1.165) is 5.92 Å². The molecule has 0 amide bonds. The zero-order valence-electron chi connectivity index (χ0n) is 12.0. The maximum atomic E-state index is 9.27. The highest BCUT2D eigenvalue weighted by Gasteiger charge is 2.17. The smallest absolute Gasteiger partial charge is 0.0534 e. The van der Waals surface area contributed by atoms with Crippen LogP contribution in [0.5, 0.6) is 0 Å². The average Bonchev–Trinajstić information content (AvgIpc) is 2.26. The minimum atomic E-state index is 0.130. The van der Waals surface area contributed by atoms with Crippen LogP contribution < -0.4 is 0 Å². The third-order valence-corrected chi connectivity index (χ3v) is 3.22. The van der Waals surface area contributed by atoms with E-state index in [1.165, 1.54) is 16.7 Å². The number of aliphatic hydroxyl groups excluding tert-OH is 1. The van der Waals surface area contributed by atoms with Crippen molar-refractivity contribution in [3.8, 4) is 0 Å². The number of hydrogen-bond donors (Lipinski definition) is 1. The van der Waals surface area contributed by atoms with Crippen LogP contribution in [0.15, 0.2) is 18.2 Å². The molecule has 0 saturated carbocycles. The molecule has 0 aliphatic carbocycles. The van der Waals surface area contributed by atoms with E-state index < -0.39 is 0 Å². The third-order valence-electron chi connectivity index (χ3n) is 3.22. The van der Waals surface area contributed by atoms with E-state index in [2.05, 4.69) is 52.8 Å². The molecule has 0 aliphatic heterocycles. The van der Waals surface area contributed by atoms with E-state index in [-0.39, 0.29) is 12.0 Å². The van der Waals surface area contributed by atoms with E-state index in [4.69, 9.17) is 0 Å². The van der Waals surface area contributed by atoms with Gasteiger partial charge in [-0.15, -0.1) is 0 Å². The van der Waals surface area contributed by atoms with Gasteiger partial charge in [-0.25, -0.2) is 0 Å². The van der Waals surface area contributed by atoms with Crippen LogP contribution in [0.25, 0.3) is 0 Å². The minimum Gasteiger partial charge on any atom is -0.395 e. The van der Waals surface area contributed by atoms with Crippen molar-refractivity contribution in [1.29, 1.82) is 0 Å². The fraction of sp³-hybridized carbons (Fsp3) is 0.562. The summed E-state index contributed by atoms with van der Waals surface area (Å²) in [5.74, 6) is 1.56. The van der Waals surface area contributed by atoms with Gasteiger partial charge in [-0.1, -0.05) is 59.7 Å². The Morgan fingerprint density at radius 3 is 2.18 bits per heavy atom. The van der Waals surface area contributed by atoms with Gasteiger partial charge < -0.3 is 5.11 Å². The predicted octanol–water partition coefficient (Wildman–Crippen LogP) is 4.04. The first-order valence-electron chi connectivity index (χ1n) is 6.35. The van der Waals surface area contributed by atoms with E-state index >= 15 is 0 Å². The maximum Gasteiger partial charge on any atom is 0.0534 e. The van der Waals surface area contributed by atoms with Gasteiger partial charge in [0.2, 0.25) is 0 Å². The Hall–Kier alpha value is -0.820. The van der Waals surface area contributed by atoms with Gasteiger partial charge >= 0.3 is 0 Å². The summed E-state index contributed by atoms with van der Waals surface area (Å²) in [4.78, 5) is 0. The molecule has 17 heavy (non-hydrogen) atoms. The van der Waals surface area contributed by atoms with Crippen molar-refractivity contribution in [2.24, 2.45) is 0 Å². The highest BCUT2D eigenvalue weighted by molar-refractivity contribution is 5.41. The van der Waals surface area contributed by atoms with Crippen LogP contribution in [0.1, 0.15) is 64.2 Å². The van der Waals surface area contributed by atoms with E-state index in [1.54, 1.807) is 0 Å². The first-order valence-corrected chi connectivity index (χ1v) is 6.35. The fourth-order valence-electron chi connectivity index (χ4n) is 1.76. The third kappa shape index (κ3) is 3.57. The highest BCUT2D eigenvalue weighted by atomic mass is 16.3. The molecule has 0 heterocycles. The second-order valence-corrected chi connectivity index (χ2v) is 6.19. The molecule has 0 aromatic heterocycles. The zero-order chi connectivity index (χ0) is 13.2. The van der Waals surface area contributed by atoms with Gasteiger partial charge in [0.1, 0.15) is 0 Å². The van der Waals surface area contributed by atoms with Crippen LogP contribution >= 0.6 is 0 Å². The molecule has 0 saturated heterocycles. The Morgan fingerprint density at radius 2 is 1.76 bits per heavy atom. The minimum absolute atomic E-state index is 0.130. The first-order chi connectivity index (χ1) is 7.75. The van der Waals surface area contributed by atoms with Crippen LogP contribution in [-0.4, -0.2) is 11.7 Å². The molecule has 0 fully saturated rings. The molecule has 1 radical (unpaired) electrons. The quantitative estimate of drug-likeness (QED) is 0.835. The van der Waals surface area contributed by atoms with E-state index in [1.807, 2.05) is 6.92 Å². The van der Waals surface area contributed by atoms with Crippen LogP contribution in [0.2, 0.25) is 0 Å². The second-order valence-electron chi connectivity index (χ2n) is 6.19. The summed E-state index contributed by atoms with van der Waals surface area (Å²) in [6.45, 7) is 13.2. The van der Waals surface area contributed by atoms with Gasteiger partial charge in [0.05, 0.1) is 6.61 Å². The number of aliphatic hydroxyl groups is 1. The lowest BCUT2D eigenvalue weighted by molar-refractivity contribution is 0.315. The summed E-state index contributed by atoms with van der Waals surface area (Å²) < 4.78 is 0. The fourth-order valence-corrected chi connectivity index (χ4v) is 1.76. The Kier molecular flexibility index (Phi) is 4.37. The predicted molar refractivity (Wildman–Crippen MR) is 74.3 cm³/mol. The molecule has 1 aromatic carbocycles. The van der Waals surface area contributed by atoms with Crippen molar-refractivity contribution in [3.63, 3.8) is 0 Å². The van der Waals surface area contributed by atoms with Crippen molar-refractivity contribution in [3.05, 3.63) is 40.8 Å². The largest absolute Gasteiger partial charge is 0.395 e. The number of hydrogen-bond acceptors (Lipinski definition) is 1. The second kappa shape index (κ2) is 5.22. The number of rotatable bonds is 3. The zero-order valence-corrected chi connectivity index (χ0v) is 12.0. The van der Waals surface area contributed by atoms with Gasteiger partial charge in [0, 0.05) is 5.92 Å². The Bertz CT molecular complexity index is 372. The molecule has 0 spiro atoms. The maximum absolute atomic E-state index is 9.27. The molecule has 95 valence electrons. The molecule has 0 bridgehead atoms. The monoisotopic (exact) mass is 233 g/mol. The van der Waals surface area contributed by atoms with Crippen molar-refractivity contribution in [2.45, 2.75) is 52.9 Å². The lowest BCUT2D eigenvalue weighted by atomic mass is 9.82. The van der Waals surface area contributed by atoms with Crippen LogP contribution in [-0.2, 0) is 5.41 Å². The van der Waals surface area contributed by atoms with E-state index in [0.29, 0.717) is 5.92 Å². The summed E-state index contributed by atoms with van der Waals surface area (Å²) >= 11 is 0. The standard InChI is InChI=1S/C16H25O/c1-11(2)13-7-14(12(3)10-17)9-15(8-13)16(4,5)6/h7-9,11,17H,10H2,1-6H3.